The maximum absolute atomic E-state index is 9.86. The molecule has 0 spiro atoms. The molecule has 0 aliphatic heterocycles. The summed E-state index contributed by atoms with van der Waals surface area (Å²) in [6.07, 6.45) is 2.89. The summed E-state index contributed by atoms with van der Waals surface area (Å²) in [5.74, 6) is 0.356. The molecule has 0 atom stereocenters. The third kappa shape index (κ3) is 2.80. The average molecular weight is 232 g/mol. The van der Waals surface area contributed by atoms with Gasteiger partial charge >= 0.3 is 0 Å². The number of hydrogen-bond acceptors (Lipinski definition) is 2. The van der Waals surface area contributed by atoms with E-state index in [1.54, 1.807) is 6.07 Å². The first kappa shape index (κ1) is 12.0. The van der Waals surface area contributed by atoms with Crippen LogP contribution in [0.1, 0.15) is 26.3 Å². The van der Waals surface area contributed by atoms with Crippen LogP contribution in [0.4, 0.5) is 0 Å². The normalized spacial score (nSPS) is 12.2. The zero-order chi connectivity index (χ0) is 12.5. The Bertz CT molecular complexity index is 508. The van der Waals surface area contributed by atoms with E-state index in [0.717, 1.165) is 29.4 Å². The van der Waals surface area contributed by atoms with Gasteiger partial charge in [-0.25, -0.2) is 0 Å². The van der Waals surface area contributed by atoms with Crippen molar-refractivity contribution in [2.75, 3.05) is 6.54 Å². The average Bonchev–Trinajstić information content (AvgIpc) is 2.61. The SMILES string of the molecule is CC(C)(C)NCCc1c[nH]c2cccc(O)c12. The van der Waals surface area contributed by atoms with Crippen LogP contribution in [-0.2, 0) is 6.42 Å². The molecule has 0 saturated heterocycles. The Hall–Kier alpha value is -1.48. The van der Waals surface area contributed by atoms with E-state index < -0.39 is 0 Å². The van der Waals surface area contributed by atoms with Crippen molar-refractivity contribution in [2.45, 2.75) is 32.7 Å². The van der Waals surface area contributed by atoms with Gasteiger partial charge < -0.3 is 15.4 Å². The third-order valence-electron chi connectivity index (χ3n) is 2.82. The molecule has 3 nitrogen and oxygen atoms in total. The maximum atomic E-state index is 9.86. The predicted octanol–water partition coefficient (Wildman–Crippen LogP) is 2.80. The summed E-state index contributed by atoms with van der Waals surface area (Å²) < 4.78 is 0. The molecule has 3 heteroatoms. The van der Waals surface area contributed by atoms with Gasteiger partial charge in [0, 0.05) is 22.6 Å². The van der Waals surface area contributed by atoms with Crippen molar-refractivity contribution in [3.05, 3.63) is 30.0 Å². The number of aromatic hydroxyl groups is 1. The Balaban J connectivity index is 2.14. The number of aromatic amines is 1. The molecule has 0 aliphatic rings. The molecule has 0 saturated carbocycles. The first-order chi connectivity index (χ1) is 7.97. The summed E-state index contributed by atoms with van der Waals surface area (Å²) in [6, 6.07) is 5.57. The molecule has 0 amide bonds. The molecular weight excluding hydrogens is 212 g/mol. The van der Waals surface area contributed by atoms with Crippen molar-refractivity contribution in [1.29, 1.82) is 0 Å². The lowest BCUT2D eigenvalue weighted by atomic mass is 10.1. The zero-order valence-electron chi connectivity index (χ0n) is 10.7. The molecule has 2 aromatic rings. The molecule has 1 heterocycles. The highest BCUT2D eigenvalue weighted by Gasteiger charge is 2.10. The van der Waals surface area contributed by atoms with E-state index in [0.29, 0.717) is 5.75 Å². The minimum Gasteiger partial charge on any atom is -0.507 e. The van der Waals surface area contributed by atoms with Gasteiger partial charge in [-0.3, -0.25) is 0 Å². The molecule has 0 radical (unpaired) electrons. The van der Waals surface area contributed by atoms with Crippen molar-refractivity contribution >= 4 is 10.9 Å². The van der Waals surface area contributed by atoms with Gasteiger partial charge in [0.2, 0.25) is 0 Å². The summed E-state index contributed by atoms with van der Waals surface area (Å²) >= 11 is 0. The number of nitrogens with one attached hydrogen (secondary N) is 2. The summed E-state index contributed by atoms with van der Waals surface area (Å²) in [6.45, 7) is 7.36. The molecular formula is C14H20N2O. The summed E-state index contributed by atoms with van der Waals surface area (Å²) in [5, 5.41) is 14.3. The highest BCUT2D eigenvalue weighted by atomic mass is 16.3. The number of fused-ring (bicyclic) bond motifs is 1. The smallest absolute Gasteiger partial charge is 0.125 e. The van der Waals surface area contributed by atoms with E-state index in [9.17, 15) is 5.11 Å². The molecule has 0 aliphatic carbocycles. The Morgan fingerprint density at radius 1 is 1.29 bits per heavy atom. The Morgan fingerprint density at radius 3 is 2.76 bits per heavy atom. The van der Waals surface area contributed by atoms with Gasteiger partial charge in [-0.2, -0.15) is 0 Å². The van der Waals surface area contributed by atoms with Crippen LogP contribution in [0.5, 0.6) is 5.75 Å². The molecule has 0 unspecified atom stereocenters. The standard InChI is InChI=1S/C14H20N2O/c1-14(2,3)16-8-7-10-9-15-11-5-4-6-12(17)13(10)11/h4-6,9,15-17H,7-8H2,1-3H3. The molecule has 1 aromatic heterocycles. The number of H-pyrrole nitrogens is 1. The van der Waals surface area contributed by atoms with Crippen LogP contribution in [-0.4, -0.2) is 22.2 Å². The fourth-order valence-electron chi connectivity index (χ4n) is 2.00. The Morgan fingerprint density at radius 2 is 2.06 bits per heavy atom. The van der Waals surface area contributed by atoms with Crippen molar-refractivity contribution in [1.82, 2.24) is 10.3 Å². The third-order valence-corrected chi connectivity index (χ3v) is 2.82. The molecule has 0 fully saturated rings. The van der Waals surface area contributed by atoms with Crippen molar-refractivity contribution in [3.63, 3.8) is 0 Å². The maximum Gasteiger partial charge on any atom is 0.125 e. The molecule has 17 heavy (non-hydrogen) atoms. The number of aromatic nitrogens is 1. The summed E-state index contributed by atoms with van der Waals surface area (Å²) in [7, 11) is 0. The van der Waals surface area contributed by atoms with Gasteiger partial charge in [0.05, 0.1) is 0 Å². The largest absolute Gasteiger partial charge is 0.507 e. The van der Waals surface area contributed by atoms with Crippen LogP contribution < -0.4 is 5.32 Å². The van der Waals surface area contributed by atoms with Crippen LogP contribution >= 0.6 is 0 Å². The van der Waals surface area contributed by atoms with Crippen LogP contribution in [0.2, 0.25) is 0 Å². The summed E-state index contributed by atoms with van der Waals surface area (Å²) in [4.78, 5) is 3.19. The minimum atomic E-state index is 0.133. The lowest BCUT2D eigenvalue weighted by Gasteiger charge is -2.20. The second kappa shape index (κ2) is 4.41. The molecule has 0 bridgehead atoms. The Kier molecular flexibility index (Phi) is 3.11. The monoisotopic (exact) mass is 232 g/mol. The highest BCUT2D eigenvalue weighted by Crippen LogP contribution is 2.27. The van der Waals surface area contributed by atoms with E-state index in [1.165, 1.54) is 0 Å². The molecule has 2 rings (SSSR count). The van der Waals surface area contributed by atoms with Gasteiger partial charge in [0.25, 0.3) is 0 Å². The first-order valence-electron chi connectivity index (χ1n) is 6.00. The number of benzene rings is 1. The van der Waals surface area contributed by atoms with Crippen LogP contribution in [0.15, 0.2) is 24.4 Å². The summed E-state index contributed by atoms with van der Waals surface area (Å²) in [5.41, 5.74) is 2.29. The van der Waals surface area contributed by atoms with E-state index in [4.69, 9.17) is 0 Å². The van der Waals surface area contributed by atoms with Crippen molar-refractivity contribution in [2.24, 2.45) is 0 Å². The zero-order valence-corrected chi connectivity index (χ0v) is 10.7. The molecule has 3 N–H and O–H groups in total. The quantitative estimate of drug-likeness (QED) is 0.762. The van der Waals surface area contributed by atoms with Crippen molar-refractivity contribution < 1.29 is 5.11 Å². The van der Waals surface area contributed by atoms with E-state index >= 15 is 0 Å². The van der Waals surface area contributed by atoms with Gasteiger partial charge in [0.1, 0.15) is 5.75 Å². The van der Waals surface area contributed by atoms with Crippen LogP contribution in [0, 0.1) is 0 Å². The van der Waals surface area contributed by atoms with E-state index in [2.05, 4.69) is 31.1 Å². The lowest BCUT2D eigenvalue weighted by Crippen LogP contribution is -2.37. The fraction of sp³-hybridized carbons (Fsp3) is 0.429. The van der Waals surface area contributed by atoms with E-state index in [1.807, 2.05) is 18.3 Å². The van der Waals surface area contributed by atoms with Gasteiger partial charge in [0.15, 0.2) is 0 Å². The number of phenols is 1. The number of rotatable bonds is 3. The lowest BCUT2D eigenvalue weighted by molar-refractivity contribution is 0.429. The number of hydrogen-bond donors (Lipinski definition) is 3. The molecule has 92 valence electrons. The highest BCUT2D eigenvalue weighted by molar-refractivity contribution is 5.88. The van der Waals surface area contributed by atoms with Crippen LogP contribution in [0.3, 0.4) is 0 Å². The fourth-order valence-corrected chi connectivity index (χ4v) is 2.00. The second-order valence-corrected chi connectivity index (χ2v) is 5.44. The van der Waals surface area contributed by atoms with E-state index in [-0.39, 0.29) is 5.54 Å². The Labute approximate surface area is 102 Å². The van der Waals surface area contributed by atoms with Gasteiger partial charge in [-0.15, -0.1) is 0 Å². The number of phenolic OH excluding ortho intramolecular Hbond substituents is 1. The second-order valence-electron chi connectivity index (χ2n) is 5.44. The van der Waals surface area contributed by atoms with Gasteiger partial charge in [-0.1, -0.05) is 6.07 Å². The minimum absolute atomic E-state index is 0.133. The molecule has 1 aromatic carbocycles. The van der Waals surface area contributed by atoms with Crippen molar-refractivity contribution in [3.8, 4) is 5.75 Å². The predicted molar refractivity (Wildman–Crippen MR) is 71.4 cm³/mol. The van der Waals surface area contributed by atoms with Gasteiger partial charge in [-0.05, 0) is 51.4 Å². The van der Waals surface area contributed by atoms with Crippen LogP contribution in [0.25, 0.3) is 10.9 Å². The topological polar surface area (TPSA) is 48.0 Å². The first-order valence-corrected chi connectivity index (χ1v) is 6.00.